The van der Waals surface area contributed by atoms with Crippen LogP contribution in [0.5, 0.6) is 11.5 Å². The summed E-state index contributed by atoms with van der Waals surface area (Å²) < 4.78 is 0. The van der Waals surface area contributed by atoms with Gasteiger partial charge in [-0.2, -0.15) is 0 Å². The van der Waals surface area contributed by atoms with Gasteiger partial charge in [-0.15, -0.1) is 0 Å². The fraction of sp³-hybridized carbons (Fsp3) is 0.156. The molecule has 0 saturated carbocycles. The van der Waals surface area contributed by atoms with Crippen molar-refractivity contribution in [2.24, 2.45) is 0 Å². The van der Waals surface area contributed by atoms with E-state index in [0.717, 1.165) is 33.3 Å². The van der Waals surface area contributed by atoms with E-state index in [0.29, 0.717) is 36.9 Å². The summed E-state index contributed by atoms with van der Waals surface area (Å²) in [6.45, 7) is 2.51. The number of carbonyl (C=O) groups is 1. The number of hydrogen-bond donors (Lipinski definition) is 3. The summed E-state index contributed by atoms with van der Waals surface area (Å²) in [5, 5.41) is 21.6. The first-order valence-corrected chi connectivity index (χ1v) is 13.3. The number of nitrogens with zero attached hydrogens (tertiary/aromatic N) is 2. The first-order chi connectivity index (χ1) is 19.0. The molecule has 1 fully saturated rings. The van der Waals surface area contributed by atoms with Crippen molar-refractivity contribution in [2.75, 3.05) is 31.1 Å². The number of amides is 1. The van der Waals surface area contributed by atoms with Crippen molar-refractivity contribution < 1.29 is 15.0 Å². The molecule has 196 valence electrons. The van der Waals surface area contributed by atoms with Gasteiger partial charge in [-0.3, -0.25) is 4.79 Å². The van der Waals surface area contributed by atoms with E-state index in [-0.39, 0.29) is 23.3 Å². The van der Waals surface area contributed by atoms with E-state index in [4.69, 9.17) is 11.6 Å². The van der Waals surface area contributed by atoms with Crippen LogP contribution in [0.15, 0.2) is 97.1 Å². The van der Waals surface area contributed by atoms with E-state index in [1.807, 2.05) is 77.7 Å². The van der Waals surface area contributed by atoms with Crippen molar-refractivity contribution in [1.29, 1.82) is 0 Å². The average molecular weight is 538 g/mol. The van der Waals surface area contributed by atoms with Crippen molar-refractivity contribution in [1.82, 2.24) is 9.88 Å². The number of halogens is 1. The fourth-order valence-electron chi connectivity index (χ4n) is 5.51. The Bertz CT molecular complexity index is 1580. The summed E-state index contributed by atoms with van der Waals surface area (Å²) >= 11 is 6.43. The highest BCUT2D eigenvalue weighted by Crippen LogP contribution is 2.40. The Labute approximate surface area is 231 Å². The third-order valence-electron chi connectivity index (χ3n) is 7.46. The van der Waals surface area contributed by atoms with Gasteiger partial charge < -0.3 is 25.0 Å². The molecular weight excluding hydrogens is 510 g/mol. The van der Waals surface area contributed by atoms with E-state index >= 15 is 0 Å². The molecule has 6 nitrogen and oxygen atoms in total. The molecule has 0 bridgehead atoms. The lowest BCUT2D eigenvalue weighted by molar-refractivity contribution is 0.0740. The number of H-pyrrole nitrogens is 1. The second-order valence-corrected chi connectivity index (χ2v) is 10.2. The molecule has 4 aromatic carbocycles. The van der Waals surface area contributed by atoms with Gasteiger partial charge in [-0.25, -0.2) is 0 Å². The number of phenolic OH excluding ortho intramolecular Hbond substituents is 2. The third kappa shape index (κ3) is 4.79. The lowest BCUT2D eigenvalue weighted by atomic mass is 9.83. The van der Waals surface area contributed by atoms with E-state index < -0.39 is 0 Å². The summed E-state index contributed by atoms with van der Waals surface area (Å²) in [6.07, 6.45) is 0. The minimum atomic E-state index is -0.300. The van der Waals surface area contributed by atoms with Gasteiger partial charge >= 0.3 is 0 Å². The van der Waals surface area contributed by atoms with Crippen molar-refractivity contribution in [3.05, 3.63) is 124 Å². The van der Waals surface area contributed by atoms with Crippen LogP contribution < -0.4 is 4.90 Å². The zero-order valence-corrected chi connectivity index (χ0v) is 22.0. The maximum atomic E-state index is 14.1. The Morgan fingerprint density at radius 3 is 1.92 bits per heavy atom. The SMILES string of the molecule is O=C(c1[nH]c2ccccc2c1C(c1ccc(O)cc1)c1ccc(O)cc1)N1CCN(c2ccccc2Cl)CC1. The first-order valence-electron chi connectivity index (χ1n) is 13.0. The molecule has 2 heterocycles. The predicted molar refractivity (Wildman–Crippen MR) is 155 cm³/mol. The van der Waals surface area contributed by atoms with Crippen LogP contribution in [0.3, 0.4) is 0 Å². The minimum absolute atomic E-state index is 0.0532. The summed E-state index contributed by atoms with van der Waals surface area (Å²) in [4.78, 5) is 21.7. The van der Waals surface area contributed by atoms with Gasteiger partial charge in [0, 0.05) is 48.6 Å². The van der Waals surface area contributed by atoms with Crippen molar-refractivity contribution in [3.8, 4) is 11.5 Å². The monoisotopic (exact) mass is 537 g/mol. The average Bonchev–Trinajstić information content (AvgIpc) is 3.34. The second-order valence-electron chi connectivity index (χ2n) is 9.81. The second kappa shape index (κ2) is 10.4. The van der Waals surface area contributed by atoms with Crippen LogP contribution in [0, 0.1) is 0 Å². The molecule has 1 aromatic heterocycles. The Morgan fingerprint density at radius 2 is 1.31 bits per heavy atom. The number of carbonyl (C=O) groups excluding carboxylic acids is 1. The van der Waals surface area contributed by atoms with Gasteiger partial charge in [-0.1, -0.05) is 66.2 Å². The van der Waals surface area contributed by atoms with Crippen LogP contribution in [0.25, 0.3) is 10.9 Å². The molecule has 0 radical (unpaired) electrons. The molecule has 7 heteroatoms. The maximum Gasteiger partial charge on any atom is 0.270 e. The smallest absolute Gasteiger partial charge is 0.270 e. The number of phenols is 2. The molecule has 0 spiro atoms. The zero-order valence-electron chi connectivity index (χ0n) is 21.2. The molecule has 1 aliphatic rings. The van der Waals surface area contributed by atoms with Gasteiger partial charge in [0.15, 0.2) is 0 Å². The summed E-state index contributed by atoms with van der Waals surface area (Å²) in [5.74, 6) is -0.00192. The Morgan fingerprint density at radius 1 is 0.744 bits per heavy atom. The van der Waals surface area contributed by atoms with Gasteiger partial charge in [0.1, 0.15) is 17.2 Å². The van der Waals surface area contributed by atoms with Crippen LogP contribution in [-0.4, -0.2) is 52.2 Å². The van der Waals surface area contributed by atoms with E-state index in [9.17, 15) is 15.0 Å². The van der Waals surface area contributed by atoms with E-state index in [1.165, 1.54) is 0 Å². The molecule has 1 amide bonds. The van der Waals surface area contributed by atoms with Crippen LogP contribution in [-0.2, 0) is 0 Å². The normalized spacial score (nSPS) is 13.8. The molecule has 6 rings (SSSR count). The predicted octanol–water partition coefficient (Wildman–Crippen LogP) is 6.38. The molecule has 1 aliphatic heterocycles. The standard InChI is InChI=1S/C32H28ClN3O3/c33-26-6-2-4-8-28(26)35-17-19-36(20-18-35)32(39)31-30(25-5-1-3-7-27(25)34-31)29(21-9-13-23(37)14-10-21)22-11-15-24(38)16-12-22/h1-16,29,34,37-38H,17-20H2. The largest absolute Gasteiger partial charge is 0.508 e. The molecular formula is C32H28ClN3O3. The van der Waals surface area contributed by atoms with Crippen LogP contribution >= 0.6 is 11.6 Å². The molecule has 0 atom stereocenters. The zero-order chi connectivity index (χ0) is 26.9. The van der Waals surface area contributed by atoms with Crippen LogP contribution in [0.2, 0.25) is 5.02 Å². The quantitative estimate of drug-likeness (QED) is 0.243. The molecule has 1 saturated heterocycles. The van der Waals surface area contributed by atoms with Crippen molar-refractivity contribution >= 4 is 34.1 Å². The Balaban J connectivity index is 1.41. The number of aromatic hydroxyl groups is 2. The number of nitrogens with one attached hydrogen (secondary N) is 1. The highest BCUT2D eigenvalue weighted by atomic mass is 35.5. The maximum absolute atomic E-state index is 14.1. The van der Waals surface area contributed by atoms with Crippen LogP contribution in [0.4, 0.5) is 5.69 Å². The first kappa shape index (κ1) is 24.9. The van der Waals surface area contributed by atoms with Gasteiger partial charge in [-0.05, 0) is 53.6 Å². The van der Waals surface area contributed by atoms with E-state index in [2.05, 4.69) is 9.88 Å². The highest BCUT2D eigenvalue weighted by Gasteiger charge is 2.31. The number of piperazine rings is 1. The fourth-order valence-corrected chi connectivity index (χ4v) is 5.76. The highest BCUT2D eigenvalue weighted by molar-refractivity contribution is 6.33. The van der Waals surface area contributed by atoms with Gasteiger partial charge in [0.05, 0.1) is 10.7 Å². The van der Waals surface area contributed by atoms with Gasteiger partial charge in [0.25, 0.3) is 5.91 Å². The molecule has 39 heavy (non-hydrogen) atoms. The summed E-state index contributed by atoms with van der Waals surface area (Å²) in [5.41, 5.74) is 5.15. The number of fused-ring (bicyclic) bond motifs is 1. The summed E-state index contributed by atoms with van der Waals surface area (Å²) in [7, 11) is 0. The number of aromatic nitrogens is 1. The number of hydrogen-bond acceptors (Lipinski definition) is 4. The van der Waals surface area contributed by atoms with Crippen molar-refractivity contribution in [2.45, 2.75) is 5.92 Å². The lowest BCUT2D eigenvalue weighted by Crippen LogP contribution is -2.49. The van der Waals surface area contributed by atoms with Crippen LogP contribution in [0.1, 0.15) is 33.1 Å². The summed E-state index contributed by atoms with van der Waals surface area (Å²) in [6, 6.07) is 29.9. The minimum Gasteiger partial charge on any atom is -0.508 e. The number of anilines is 1. The van der Waals surface area contributed by atoms with Gasteiger partial charge in [0.2, 0.25) is 0 Å². The molecule has 5 aromatic rings. The number of para-hydroxylation sites is 2. The molecule has 0 unspecified atom stereocenters. The molecule has 3 N–H and O–H groups in total. The number of benzene rings is 4. The van der Waals surface area contributed by atoms with Crippen molar-refractivity contribution in [3.63, 3.8) is 0 Å². The third-order valence-corrected chi connectivity index (χ3v) is 7.78. The van der Waals surface area contributed by atoms with E-state index in [1.54, 1.807) is 24.3 Å². The molecule has 0 aliphatic carbocycles. The number of rotatable bonds is 5. The lowest BCUT2D eigenvalue weighted by Gasteiger charge is -2.36. The Hall–Kier alpha value is -4.42. The topological polar surface area (TPSA) is 79.8 Å². The Kier molecular flexibility index (Phi) is 6.63. The number of aromatic amines is 1.